The molecule has 0 amide bonds. The van der Waals surface area contributed by atoms with Gasteiger partial charge in [-0.15, -0.1) is 0 Å². The highest BCUT2D eigenvalue weighted by atomic mass is 35.5. The third-order valence-electron chi connectivity index (χ3n) is 1.23. The summed E-state index contributed by atoms with van der Waals surface area (Å²) in [5.74, 6) is -1.51. The van der Waals surface area contributed by atoms with Gasteiger partial charge < -0.3 is 5.11 Å². The van der Waals surface area contributed by atoms with Gasteiger partial charge in [0, 0.05) is 5.92 Å². The van der Waals surface area contributed by atoms with Crippen LogP contribution >= 0.6 is 11.6 Å². The SMILES string of the molecule is CCC(CC(=O)O)C(=O)Cl. The molecule has 0 spiro atoms. The Morgan fingerprint density at radius 3 is 2.20 bits per heavy atom. The van der Waals surface area contributed by atoms with Crippen molar-refractivity contribution in [2.75, 3.05) is 0 Å². The van der Waals surface area contributed by atoms with Gasteiger partial charge in [-0.3, -0.25) is 9.59 Å². The Morgan fingerprint density at radius 2 is 2.10 bits per heavy atom. The van der Waals surface area contributed by atoms with Crippen LogP contribution in [0.4, 0.5) is 0 Å². The average molecular weight is 165 g/mol. The van der Waals surface area contributed by atoms with Crippen LogP contribution < -0.4 is 0 Å². The Kier molecular flexibility index (Phi) is 4.03. The van der Waals surface area contributed by atoms with E-state index in [4.69, 9.17) is 16.7 Å². The molecule has 0 aliphatic carbocycles. The third kappa shape index (κ3) is 3.45. The van der Waals surface area contributed by atoms with Crippen molar-refractivity contribution >= 4 is 22.8 Å². The lowest BCUT2D eigenvalue weighted by molar-refractivity contribution is -0.139. The number of hydrogen-bond acceptors (Lipinski definition) is 2. The summed E-state index contributed by atoms with van der Waals surface area (Å²) in [6.45, 7) is 1.73. The minimum atomic E-state index is -0.985. The first-order valence-corrected chi connectivity index (χ1v) is 3.36. The summed E-state index contributed by atoms with van der Waals surface area (Å²) in [6, 6.07) is 0. The van der Waals surface area contributed by atoms with Gasteiger partial charge in [0.25, 0.3) is 0 Å². The van der Waals surface area contributed by atoms with Crippen LogP contribution in [0, 0.1) is 5.92 Å². The van der Waals surface area contributed by atoms with Gasteiger partial charge in [0.2, 0.25) is 5.24 Å². The van der Waals surface area contributed by atoms with E-state index in [1.165, 1.54) is 0 Å². The molecule has 0 aromatic rings. The first kappa shape index (κ1) is 9.43. The van der Waals surface area contributed by atoms with E-state index in [2.05, 4.69) is 0 Å². The molecule has 0 saturated carbocycles. The molecule has 1 unspecified atom stereocenters. The Morgan fingerprint density at radius 1 is 1.60 bits per heavy atom. The van der Waals surface area contributed by atoms with Crippen molar-refractivity contribution in [3.05, 3.63) is 0 Å². The minimum absolute atomic E-state index is 0.168. The first-order chi connectivity index (χ1) is 4.57. The Hall–Kier alpha value is -0.570. The second-order valence-corrected chi connectivity index (χ2v) is 2.38. The van der Waals surface area contributed by atoms with Crippen LogP contribution in [0.25, 0.3) is 0 Å². The van der Waals surface area contributed by atoms with Crippen LogP contribution in [0.2, 0.25) is 0 Å². The highest BCUT2D eigenvalue weighted by molar-refractivity contribution is 6.64. The molecule has 0 aliphatic heterocycles. The fraction of sp³-hybridized carbons (Fsp3) is 0.667. The van der Waals surface area contributed by atoms with Crippen molar-refractivity contribution < 1.29 is 14.7 Å². The number of carboxylic acid groups (broad SMARTS) is 1. The summed E-state index contributed by atoms with van der Waals surface area (Å²) < 4.78 is 0. The molecule has 1 atom stereocenters. The Labute approximate surface area is 64.0 Å². The zero-order valence-corrected chi connectivity index (χ0v) is 6.39. The number of hydrogen-bond donors (Lipinski definition) is 1. The van der Waals surface area contributed by atoms with Crippen molar-refractivity contribution in [1.82, 2.24) is 0 Å². The molecule has 0 saturated heterocycles. The van der Waals surface area contributed by atoms with E-state index in [0.29, 0.717) is 6.42 Å². The van der Waals surface area contributed by atoms with Crippen molar-refractivity contribution in [1.29, 1.82) is 0 Å². The minimum Gasteiger partial charge on any atom is -0.481 e. The summed E-state index contributed by atoms with van der Waals surface area (Å²) in [7, 11) is 0. The normalized spacial score (nSPS) is 12.6. The Balaban J connectivity index is 3.83. The molecule has 0 fully saturated rings. The smallest absolute Gasteiger partial charge is 0.304 e. The zero-order valence-electron chi connectivity index (χ0n) is 5.63. The molecule has 1 N–H and O–H groups in total. The number of carboxylic acids is 1. The van der Waals surface area contributed by atoms with Crippen LogP contribution in [-0.4, -0.2) is 16.3 Å². The number of aliphatic carboxylic acids is 1. The van der Waals surface area contributed by atoms with Gasteiger partial charge in [-0.05, 0) is 18.0 Å². The number of carbonyl (C=O) groups excluding carboxylic acids is 1. The van der Waals surface area contributed by atoms with E-state index in [1.807, 2.05) is 0 Å². The maximum Gasteiger partial charge on any atom is 0.304 e. The largest absolute Gasteiger partial charge is 0.481 e. The van der Waals surface area contributed by atoms with Gasteiger partial charge in [0.15, 0.2) is 0 Å². The molecule has 58 valence electrons. The molecule has 3 nitrogen and oxygen atoms in total. The fourth-order valence-electron chi connectivity index (χ4n) is 0.596. The van der Waals surface area contributed by atoms with Crippen molar-refractivity contribution in [3.63, 3.8) is 0 Å². The van der Waals surface area contributed by atoms with Gasteiger partial charge in [0.05, 0.1) is 6.42 Å². The molecule has 0 rings (SSSR count). The van der Waals surface area contributed by atoms with E-state index >= 15 is 0 Å². The summed E-state index contributed by atoms with van der Waals surface area (Å²) >= 11 is 5.09. The molecule has 0 heterocycles. The molecule has 0 aromatic carbocycles. The van der Waals surface area contributed by atoms with Gasteiger partial charge in [-0.2, -0.15) is 0 Å². The van der Waals surface area contributed by atoms with Gasteiger partial charge in [-0.1, -0.05) is 6.92 Å². The monoisotopic (exact) mass is 164 g/mol. The predicted octanol–water partition coefficient (Wildman–Crippen LogP) is 1.25. The lowest BCUT2D eigenvalue weighted by atomic mass is 10.1. The van der Waals surface area contributed by atoms with Gasteiger partial charge in [-0.25, -0.2) is 0 Å². The maximum absolute atomic E-state index is 10.4. The summed E-state index contributed by atoms with van der Waals surface area (Å²) in [4.78, 5) is 20.5. The van der Waals surface area contributed by atoms with E-state index < -0.39 is 17.1 Å². The Bertz CT molecular complexity index is 144. The second-order valence-electron chi connectivity index (χ2n) is 2.01. The molecule has 0 aromatic heterocycles. The van der Waals surface area contributed by atoms with Crippen LogP contribution in [-0.2, 0) is 9.59 Å². The van der Waals surface area contributed by atoms with Gasteiger partial charge >= 0.3 is 5.97 Å². The molecular formula is C6H9ClO3. The quantitative estimate of drug-likeness (QED) is 0.637. The lowest BCUT2D eigenvalue weighted by Crippen LogP contribution is -2.12. The summed E-state index contributed by atoms with van der Waals surface area (Å²) in [5, 5.41) is 7.69. The highest BCUT2D eigenvalue weighted by Gasteiger charge is 2.16. The van der Waals surface area contributed by atoms with Crippen LogP contribution in [0.5, 0.6) is 0 Å². The van der Waals surface area contributed by atoms with Crippen molar-refractivity contribution in [3.8, 4) is 0 Å². The van der Waals surface area contributed by atoms with Crippen LogP contribution in [0.3, 0.4) is 0 Å². The van der Waals surface area contributed by atoms with E-state index in [1.54, 1.807) is 6.92 Å². The molecular weight excluding hydrogens is 156 g/mol. The molecule has 4 heteroatoms. The standard InChI is InChI=1S/C6H9ClO3/c1-2-4(6(7)10)3-5(8)9/h4H,2-3H2,1H3,(H,8,9). The molecule has 0 radical (unpaired) electrons. The van der Waals surface area contributed by atoms with Crippen LogP contribution in [0.1, 0.15) is 19.8 Å². The number of carbonyl (C=O) groups is 2. The second kappa shape index (κ2) is 4.28. The zero-order chi connectivity index (χ0) is 8.15. The first-order valence-electron chi connectivity index (χ1n) is 2.99. The van der Waals surface area contributed by atoms with Gasteiger partial charge in [0.1, 0.15) is 0 Å². The predicted molar refractivity (Wildman–Crippen MR) is 36.9 cm³/mol. The van der Waals surface area contributed by atoms with E-state index in [0.717, 1.165) is 0 Å². The molecule has 0 aliphatic rings. The number of rotatable bonds is 4. The maximum atomic E-state index is 10.4. The van der Waals surface area contributed by atoms with E-state index in [9.17, 15) is 9.59 Å². The highest BCUT2D eigenvalue weighted by Crippen LogP contribution is 2.11. The summed E-state index contributed by atoms with van der Waals surface area (Å²) in [5.41, 5.74) is 0. The fourth-order valence-corrected chi connectivity index (χ4v) is 0.827. The lowest BCUT2D eigenvalue weighted by Gasteiger charge is -2.03. The summed E-state index contributed by atoms with van der Waals surface area (Å²) in [6.07, 6.45) is 0.313. The van der Waals surface area contributed by atoms with Crippen LogP contribution in [0.15, 0.2) is 0 Å². The average Bonchev–Trinajstić information content (AvgIpc) is 1.81. The van der Waals surface area contributed by atoms with Crippen molar-refractivity contribution in [2.45, 2.75) is 19.8 Å². The third-order valence-corrected chi connectivity index (χ3v) is 1.54. The van der Waals surface area contributed by atoms with E-state index in [-0.39, 0.29) is 6.42 Å². The topological polar surface area (TPSA) is 54.4 Å². The molecule has 10 heavy (non-hydrogen) atoms. The van der Waals surface area contributed by atoms with Crippen molar-refractivity contribution in [2.24, 2.45) is 5.92 Å². The number of halogens is 1. The molecule has 0 bridgehead atoms.